The summed E-state index contributed by atoms with van der Waals surface area (Å²) in [4.78, 5) is 4.99. The van der Waals surface area contributed by atoms with Gasteiger partial charge in [-0.05, 0) is 36.6 Å². The van der Waals surface area contributed by atoms with E-state index in [2.05, 4.69) is 34.9 Å². The number of nitrogens with zero attached hydrogens (tertiary/aromatic N) is 3. The lowest BCUT2D eigenvalue weighted by Gasteiger charge is -2.60. The number of methoxy groups -OCH3 is 1. The molecule has 5 heterocycles. The molecule has 1 spiro atoms. The van der Waals surface area contributed by atoms with Crippen molar-refractivity contribution in [3.63, 3.8) is 0 Å². The average Bonchev–Trinajstić information content (AvgIpc) is 3.22. The third kappa shape index (κ3) is 2.21. The molecule has 1 atom stereocenters. The highest BCUT2D eigenvalue weighted by molar-refractivity contribution is 5.97. The van der Waals surface area contributed by atoms with Gasteiger partial charge in [-0.1, -0.05) is 24.3 Å². The summed E-state index contributed by atoms with van der Waals surface area (Å²) in [7, 11) is 1.98. The summed E-state index contributed by atoms with van der Waals surface area (Å²) in [5.74, 6) is 1.58. The lowest BCUT2D eigenvalue weighted by molar-refractivity contribution is -0.845. The van der Waals surface area contributed by atoms with Crippen LogP contribution in [0, 0.1) is 5.92 Å². The Bertz CT molecular complexity index is 1070. The first-order chi connectivity index (χ1) is 13.6. The van der Waals surface area contributed by atoms with E-state index in [1.807, 2.05) is 12.1 Å². The molecular weight excluding hydrogens is 349 g/mol. The van der Waals surface area contributed by atoms with Crippen LogP contribution in [0.4, 0.5) is 0 Å². The van der Waals surface area contributed by atoms with Crippen LogP contribution in [0.5, 0.6) is 11.8 Å². The molecule has 3 fully saturated rings. The fraction of sp³-hybridized carbons (Fsp3) is 0.409. The molecule has 2 bridgehead atoms. The van der Waals surface area contributed by atoms with E-state index in [0.29, 0.717) is 5.92 Å². The molecule has 7 rings (SSSR count). The minimum Gasteiger partial charge on any atom is -0.519 e. The maximum absolute atomic E-state index is 6.70. The van der Waals surface area contributed by atoms with Crippen LogP contribution in [0.1, 0.15) is 12.8 Å². The van der Waals surface area contributed by atoms with Crippen molar-refractivity contribution >= 4 is 19.0 Å². The average molecular weight is 375 g/mol. The highest BCUT2D eigenvalue weighted by Crippen LogP contribution is 2.47. The molecule has 4 aliphatic rings. The van der Waals surface area contributed by atoms with E-state index in [9.17, 15) is 0 Å². The predicted octanol–water partition coefficient (Wildman–Crippen LogP) is 2.36. The zero-order chi connectivity index (χ0) is 18.9. The molecule has 28 heavy (non-hydrogen) atoms. The third-order valence-electron chi connectivity index (χ3n) is 6.69. The molecule has 4 aliphatic heterocycles. The Morgan fingerprint density at radius 3 is 2.68 bits per heavy atom. The molecule has 2 aromatic carbocycles. The van der Waals surface area contributed by atoms with Gasteiger partial charge >= 0.3 is 0 Å². The van der Waals surface area contributed by atoms with Gasteiger partial charge in [-0.15, -0.1) is 0 Å². The van der Waals surface area contributed by atoms with Crippen LogP contribution in [0.25, 0.3) is 22.2 Å². The minimum absolute atomic E-state index is 0.00485. The highest BCUT2D eigenvalue weighted by Gasteiger charge is 2.56. The van der Waals surface area contributed by atoms with Gasteiger partial charge in [0.2, 0.25) is 0 Å². The second-order valence-corrected chi connectivity index (χ2v) is 8.10. The molecule has 0 N–H and O–H groups in total. The smallest absolute Gasteiger partial charge is 0.298 e. The van der Waals surface area contributed by atoms with E-state index in [1.165, 1.54) is 42.4 Å². The quantitative estimate of drug-likeness (QED) is 0.646. The van der Waals surface area contributed by atoms with Crippen molar-refractivity contribution in [3.8, 4) is 22.9 Å². The Kier molecular flexibility index (Phi) is 3.26. The molecule has 0 radical (unpaired) electrons. The standard InChI is InChI=1S/C22H26BN3O2/c1-27-17-7-5-15(6-8-17)18-3-2-4-19-20(18)24-21-25(19)13-22(28-21)14-26(23)11-9-16(22)10-12-26/h2-8,16H,9-14H2,1,23H3. The summed E-state index contributed by atoms with van der Waals surface area (Å²) >= 11 is 0. The van der Waals surface area contributed by atoms with Crippen molar-refractivity contribution in [1.82, 2.24) is 9.55 Å². The maximum atomic E-state index is 6.70. The molecule has 1 aromatic heterocycles. The van der Waals surface area contributed by atoms with Gasteiger partial charge in [0.25, 0.3) is 6.01 Å². The maximum Gasteiger partial charge on any atom is 0.298 e. The first kappa shape index (κ1) is 16.5. The minimum atomic E-state index is 0.00485. The zero-order valence-electron chi connectivity index (χ0n) is 15.5. The molecule has 3 aromatic rings. The third-order valence-corrected chi connectivity index (χ3v) is 6.69. The van der Waals surface area contributed by atoms with E-state index < -0.39 is 0 Å². The van der Waals surface area contributed by atoms with Gasteiger partial charge in [-0.3, -0.25) is 4.57 Å². The molecule has 0 aliphatic carbocycles. The summed E-state index contributed by atoms with van der Waals surface area (Å²) in [6.07, 6.45) is 2.67. The van der Waals surface area contributed by atoms with E-state index in [0.717, 1.165) is 34.9 Å². The van der Waals surface area contributed by atoms with E-state index >= 15 is 0 Å². The van der Waals surface area contributed by atoms with Crippen molar-refractivity contribution in [2.24, 2.45) is 5.92 Å². The van der Waals surface area contributed by atoms with Crippen LogP contribution >= 0.6 is 0 Å². The Hall–Kier alpha value is -2.47. The topological polar surface area (TPSA) is 36.3 Å². The number of aromatic nitrogens is 2. The first-order valence-corrected chi connectivity index (χ1v) is 9.81. The molecule has 1 unspecified atom stereocenters. The number of hydrogen-bond acceptors (Lipinski definition) is 3. The highest BCUT2D eigenvalue weighted by atomic mass is 16.5. The second kappa shape index (κ2) is 5.54. The largest absolute Gasteiger partial charge is 0.519 e. The van der Waals surface area contributed by atoms with Crippen LogP contribution in [0.2, 0.25) is 0 Å². The van der Waals surface area contributed by atoms with Gasteiger partial charge < -0.3 is 13.9 Å². The molecule has 6 heteroatoms. The summed E-state index contributed by atoms with van der Waals surface area (Å²) in [6.45, 7) is 5.00. The number of imidazole rings is 1. The van der Waals surface area contributed by atoms with Gasteiger partial charge in [0.05, 0.1) is 25.7 Å². The molecule has 5 nitrogen and oxygen atoms in total. The van der Waals surface area contributed by atoms with Crippen molar-refractivity contribution < 1.29 is 13.9 Å². The van der Waals surface area contributed by atoms with Crippen LogP contribution in [-0.2, 0) is 6.54 Å². The second-order valence-electron chi connectivity index (χ2n) is 8.10. The molecular formula is C22H26BN3O2. The van der Waals surface area contributed by atoms with Crippen LogP contribution in [0.3, 0.4) is 0 Å². The van der Waals surface area contributed by atoms with E-state index in [4.69, 9.17) is 14.5 Å². The Morgan fingerprint density at radius 2 is 1.96 bits per heavy atom. The van der Waals surface area contributed by atoms with Gasteiger partial charge in [-0.25, -0.2) is 0 Å². The summed E-state index contributed by atoms with van der Waals surface area (Å²) in [5.41, 5.74) is 4.57. The molecule has 3 saturated heterocycles. The number of piperidine rings is 3. The predicted molar refractivity (Wildman–Crippen MR) is 113 cm³/mol. The van der Waals surface area contributed by atoms with Crippen LogP contribution < -0.4 is 9.47 Å². The monoisotopic (exact) mass is 375 g/mol. The normalized spacial score (nSPS) is 30.6. The number of fused-ring (bicyclic) bond motifs is 5. The van der Waals surface area contributed by atoms with Crippen molar-refractivity contribution in [2.75, 3.05) is 26.7 Å². The number of quaternary nitrogens is 1. The Balaban J connectivity index is 1.41. The first-order valence-electron chi connectivity index (χ1n) is 9.81. The fourth-order valence-corrected chi connectivity index (χ4v) is 5.26. The van der Waals surface area contributed by atoms with Gasteiger partial charge in [-0.2, -0.15) is 4.98 Å². The molecule has 144 valence electrons. The van der Waals surface area contributed by atoms with Gasteiger partial charge in [0.15, 0.2) is 13.6 Å². The number of para-hydroxylation sites is 1. The van der Waals surface area contributed by atoms with Crippen LogP contribution in [0.15, 0.2) is 42.5 Å². The number of benzene rings is 2. The van der Waals surface area contributed by atoms with Crippen LogP contribution in [-0.4, -0.2) is 54.3 Å². The van der Waals surface area contributed by atoms with E-state index in [1.54, 1.807) is 7.11 Å². The number of hydrogen-bond donors (Lipinski definition) is 0. The van der Waals surface area contributed by atoms with Gasteiger partial charge in [0.1, 0.15) is 11.3 Å². The molecule has 0 saturated carbocycles. The summed E-state index contributed by atoms with van der Waals surface area (Å²) < 4.78 is 15.7. The lowest BCUT2D eigenvalue weighted by Crippen LogP contribution is -2.69. The lowest BCUT2D eigenvalue weighted by atomic mass is 9.71. The SMILES string of the molecule is [BH3-][N+]12CCC(CC1)C1(Cn3c(nc4c(-c5ccc(OC)cc5)cccc43)O1)C2. The van der Waals surface area contributed by atoms with Crippen molar-refractivity contribution in [3.05, 3.63) is 42.5 Å². The zero-order valence-corrected chi connectivity index (χ0v) is 15.5. The van der Waals surface area contributed by atoms with Crippen molar-refractivity contribution in [2.45, 2.75) is 25.0 Å². The Labute approximate surface area is 165 Å². The summed E-state index contributed by atoms with van der Waals surface area (Å²) in [5, 5.41) is 0. The van der Waals surface area contributed by atoms with Crippen molar-refractivity contribution in [1.29, 1.82) is 0 Å². The molecule has 0 amide bonds. The number of ether oxygens (including phenoxy) is 2. The summed E-state index contributed by atoms with van der Waals surface area (Å²) in [6, 6.07) is 15.5. The Morgan fingerprint density at radius 1 is 1.18 bits per heavy atom. The number of rotatable bonds is 2. The van der Waals surface area contributed by atoms with E-state index in [-0.39, 0.29) is 13.6 Å². The van der Waals surface area contributed by atoms with Gasteiger partial charge in [0, 0.05) is 24.6 Å². The fourth-order valence-electron chi connectivity index (χ4n) is 5.26.